The van der Waals surface area contributed by atoms with Gasteiger partial charge in [0.05, 0.1) is 21.3 Å². The van der Waals surface area contributed by atoms with Gasteiger partial charge in [0.25, 0.3) is 0 Å². The highest BCUT2D eigenvalue weighted by Crippen LogP contribution is 2.38. The van der Waals surface area contributed by atoms with E-state index in [1.165, 1.54) is 0 Å². The van der Waals surface area contributed by atoms with Crippen LogP contribution >= 0.6 is 0 Å². The summed E-state index contributed by atoms with van der Waals surface area (Å²) in [7, 11) is 4.72. The van der Waals surface area contributed by atoms with Crippen LogP contribution in [0.2, 0.25) is 0 Å². The van der Waals surface area contributed by atoms with Crippen LogP contribution in [0.5, 0.6) is 17.2 Å². The first-order valence-electron chi connectivity index (χ1n) is 7.47. The number of amides is 1. The molecule has 122 valence electrons. The first-order chi connectivity index (χ1) is 10.7. The summed E-state index contributed by atoms with van der Waals surface area (Å²) in [5.74, 6) is 1.94. The molecule has 6 heteroatoms. The molecule has 1 aliphatic rings. The maximum Gasteiger partial charge on any atom is 0.223 e. The Morgan fingerprint density at radius 3 is 2.23 bits per heavy atom. The van der Waals surface area contributed by atoms with Crippen LogP contribution in [0.4, 0.5) is 0 Å². The van der Waals surface area contributed by atoms with Gasteiger partial charge in [0.15, 0.2) is 11.5 Å². The fraction of sp³-hybridized carbons (Fsp3) is 0.562. The van der Waals surface area contributed by atoms with Gasteiger partial charge < -0.3 is 24.8 Å². The van der Waals surface area contributed by atoms with Crippen LogP contribution in [0.15, 0.2) is 12.1 Å². The van der Waals surface area contributed by atoms with Crippen molar-refractivity contribution in [2.45, 2.75) is 19.4 Å². The molecule has 0 aromatic heterocycles. The number of hydrogen-bond donors (Lipinski definition) is 2. The molecule has 0 atom stereocenters. The van der Waals surface area contributed by atoms with Crippen LogP contribution in [0.3, 0.4) is 0 Å². The number of ether oxygens (including phenoxy) is 3. The second kappa shape index (κ2) is 7.89. The highest BCUT2D eigenvalue weighted by Gasteiger charge is 2.21. The summed E-state index contributed by atoms with van der Waals surface area (Å²) in [6, 6.07) is 3.70. The van der Waals surface area contributed by atoms with E-state index < -0.39 is 0 Å². The highest BCUT2D eigenvalue weighted by atomic mass is 16.5. The molecule has 0 aliphatic carbocycles. The molecule has 0 saturated carbocycles. The summed E-state index contributed by atoms with van der Waals surface area (Å²) >= 11 is 0. The minimum Gasteiger partial charge on any atom is -0.493 e. The van der Waals surface area contributed by atoms with E-state index in [0.717, 1.165) is 31.5 Å². The number of rotatable bonds is 6. The highest BCUT2D eigenvalue weighted by molar-refractivity contribution is 5.78. The van der Waals surface area contributed by atoms with Gasteiger partial charge in [0.1, 0.15) is 0 Å². The Balaban J connectivity index is 2.04. The molecular formula is C16H24N2O4. The Bertz CT molecular complexity index is 488. The average Bonchev–Trinajstić information content (AvgIpc) is 2.59. The Morgan fingerprint density at radius 2 is 1.73 bits per heavy atom. The molecule has 1 aliphatic heterocycles. The molecule has 1 fully saturated rings. The van der Waals surface area contributed by atoms with Crippen molar-refractivity contribution in [2.24, 2.45) is 5.92 Å². The van der Waals surface area contributed by atoms with Crippen LogP contribution in [-0.4, -0.2) is 40.3 Å². The van der Waals surface area contributed by atoms with E-state index in [9.17, 15) is 4.79 Å². The molecule has 1 amide bonds. The minimum absolute atomic E-state index is 0.100. The maximum atomic E-state index is 12.2. The van der Waals surface area contributed by atoms with Crippen LogP contribution < -0.4 is 24.8 Å². The molecule has 0 bridgehead atoms. The molecule has 1 aromatic rings. The molecule has 1 heterocycles. The largest absolute Gasteiger partial charge is 0.493 e. The van der Waals surface area contributed by atoms with Crippen molar-refractivity contribution in [1.82, 2.24) is 10.6 Å². The van der Waals surface area contributed by atoms with E-state index in [2.05, 4.69) is 10.6 Å². The lowest BCUT2D eigenvalue weighted by Crippen LogP contribution is -2.37. The van der Waals surface area contributed by atoms with Gasteiger partial charge in [-0.1, -0.05) is 0 Å². The van der Waals surface area contributed by atoms with Gasteiger partial charge in [-0.05, 0) is 43.6 Å². The standard InChI is InChI=1S/C16H24N2O4/c1-20-13-8-11(9-14(21-2)15(13)22-3)10-18-16(19)12-4-6-17-7-5-12/h8-9,12,17H,4-7,10H2,1-3H3,(H,18,19). The van der Waals surface area contributed by atoms with Gasteiger partial charge in [-0.15, -0.1) is 0 Å². The zero-order valence-electron chi connectivity index (χ0n) is 13.4. The van der Waals surface area contributed by atoms with Crippen molar-refractivity contribution < 1.29 is 19.0 Å². The van der Waals surface area contributed by atoms with Crippen LogP contribution in [0, 0.1) is 5.92 Å². The third kappa shape index (κ3) is 3.82. The number of piperidine rings is 1. The third-order valence-corrected chi connectivity index (χ3v) is 3.90. The van der Waals surface area contributed by atoms with Gasteiger partial charge in [-0.3, -0.25) is 4.79 Å². The van der Waals surface area contributed by atoms with E-state index in [0.29, 0.717) is 23.8 Å². The summed E-state index contributed by atoms with van der Waals surface area (Å²) < 4.78 is 15.9. The summed E-state index contributed by atoms with van der Waals surface area (Å²) in [6.07, 6.45) is 1.78. The Labute approximate surface area is 131 Å². The number of methoxy groups -OCH3 is 3. The van der Waals surface area contributed by atoms with Gasteiger partial charge in [-0.2, -0.15) is 0 Å². The topological polar surface area (TPSA) is 68.8 Å². The van der Waals surface area contributed by atoms with Gasteiger partial charge in [0.2, 0.25) is 11.7 Å². The predicted molar refractivity (Wildman–Crippen MR) is 83.5 cm³/mol. The first kappa shape index (κ1) is 16.4. The average molecular weight is 308 g/mol. The van der Waals surface area contributed by atoms with E-state index in [-0.39, 0.29) is 11.8 Å². The van der Waals surface area contributed by atoms with Crippen molar-refractivity contribution in [3.8, 4) is 17.2 Å². The molecule has 1 saturated heterocycles. The maximum absolute atomic E-state index is 12.2. The molecular weight excluding hydrogens is 284 g/mol. The minimum atomic E-state index is 0.100. The van der Waals surface area contributed by atoms with Gasteiger partial charge >= 0.3 is 0 Å². The number of carbonyl (C=O) groups excluding carboxylic acids is 1. The monoisotopic (exact) mass is 308 g/mol. The number of benzene rings is 1. The summed E-state index contributed by atoms with van der Waals surface area (Å²) in [4.78, 5) is 12.2. The molecule has 2 rings (SSSR count). The molecule has 22 heavy (non-hydrogen) atoms. The van der Waals surface area contributed by atoms with E-state index in [4.69, 9.17) is 14.2 Å². The SMILES string of the molecule is COc1cc(CNC(=O)C2CCNCC2)cc(OC)c1OC. The van der Waals surface area contributed by atoms with Gasteiger partial charge in [0, 0.05) is 12.5 Å². The van der Waals surface area contributed by atoms with Crippen LogP contribution in [0.1, 0.15) is 18.4 Å². The van der Waals surface area contributed by atoms with Crippen molar-refractivity contribution in [3.63, 3.8) is 0 Å². The molecule has 2 N–H and O–H groups in total. The second-order valence-corrected chi connectivity index (χ2v) is 5.28. The lowest BCUT2D eigenvalue weighted by Gasteiger charge is -2.22. The van der Waals surface area contributed by atoms with E-state index in [1.54, 1.807) is 21.3 Å². The summed E-state index contributed by atoms with van der Waals surface area (Å²) in [5, 5.41) is 6.25. The van der Waals surface area contributed by atoms with Crippen molar-refractivity contribution in [3.05, 3.63) is 17.7 Å². The molecule has 6 nitrogen and oxygen atoms in total. The van der Waals surface area contributed by atoms with Crippen LogP contribution in [0.25, 0.3) is 0 Å². The lowest BCUT2D eigenvalue weighted by molar-refractivity contribution is -0.125. The summed E-state index contributed by atoms with van der Waals surface area (Å²) in [5.41, 5.74) is 0.914. The fourth-order valence-electron chi connectivity index (χ4n) is 2.66. The number of nitrogens with one attached hydrogen (secondary N) is 2. The van der Waals surface area contributed by atoms with Crippen LogP contribution in [-0.2, 0) is 11.3 Å². The Hall–Kier alpha value is -1.95. The lowest BCUT2D eigenvalue weighted by atomic mass is 9.97. The van der Waals surface area contributed by atoms with Gasteiger partial charge in [-0.25, -0.2) is 0 Å². The third-order valence-electron chi connectivity index (χ3n) is 3.90. The Morgan fingerprint density at radius 1 is 1.14 bits per heavy atom. The predicted octanol–water partition coefficient (Wildman–Crippen LogP) is 1.33. The molecule has 0 spiro atoms. The van der Waals surface area contributed by atoms with Crippen molar-refractivity contribution >= 4 is 5.91 Å². The molecule has 0 radical (unpaired) electrons. The fourth-order valence-corrected chi connectivity index (χ4v) is 2.66. The number of hydrogen-bond acceptors (Lipinski definition) is 5. The van der Waals surface area contributed by atoms with Crippen molar-refractivity contribution in [2.75, 3.05) is 34.4 Å². The van der Waals surface area contributed by atoms with Crippen molar-refractivity contribution in [1.29, 1.82) is 0 Å². The first-order valence-corrected chi connectivity index (χ1v) is 7.47. The zero-order chi connectivity index (χ0) is 15.9. The normalized spacial score (nSPS) is 15.2. The zero-order valence-corrected chi connectivity index (χ0v) is 13.4. The smallest absolute Gasteiger partial charge is 0.223 e. The molecule has 0 unspecified atom stereocenters. The van der Waals surface area contributed by atoms with E-state index in [1.807, 2.05) is 12.1 Å². The molecule has 1 aromatic carbocycles. The summed E-state index contributed by atoms with van der Waals surface area (Å²) in [6.45, 7) is 2.25. The second-order valence-electron chi connectivity index (χ2n) is 5.28. The quantitative estimate of drug-likeness (QED) is 0.830. The number of carbonyl (C=O) groups is 1. The Kier molecular flexibility index (Phi) is 5.89. The van der Waals surface area contributed by atoms with E-state index >= 15 is 0 Å².